The van der Waals surface area contributed by atoms with Gasteiger partial charge in [-0.15, -0.1) is 0 Å². The van der Waals surface area contributed by atoms with E-state index in [1.165, 1.54) is 13.4 Å². The fraction of sp³-hybridized carbons (Fsp3) is 0.250. The lowest BCUT2D eigenvalue weighted by atomic mass is 10.2. The summed E-state index contributed by atoms with van der Waals surface area (Å²) < 4.78 is 15.2. The third-order valence-corrected chi connectivity index (χ3v) is 2.36. The van der Waals surface area contributed by atoms with E-state index in [0.717, 1.165) is 0 Å². The van der Waals surface area contributed by atoms with Crippen LogP contribution in [0.15, 0.2) is 30.2 Å². The lowest BCUT2D eigenvalue weighted by Crippen LogP contribution is -2.21. The smallest absolute Gasteiger partial charge is 0.294 e. The van der Waals surface area contributed by atoms with Crippen LogP contribution in [0, 0.1) is 0 Å². The van der Waals surface area contributed by atoms with Crippen molar-refractivity contribution in [1.82, 2.24) is 0 Å². The van der Waals surface area contributed by atoms with Gasteiger partial charge in [0.15, 0.2) is 0 Å². The third kappa shape index (κ3) is 2.65. The third-order valence-electron chi connectivity index (χ3n) is 2.36. The average Bonchev–Trinajstić information content (AvgIpc) is 2.42. The molecule has 6 nitrogen and oxygen atoms in total. The van der Waals surface area contributed by atoms with Crippen LogP contribution in [0.25, 0.3) is 0 Å². The van der Waals surface area contributed by atoms with E-state index in [1.807, 2.05) is 0 Å². The molecule has 0 aromatic heterocycles. The molecule has 0 spiro atoms. The summed E-state index contributed by atoms with van der Waals surface area (Å²) in [5.41, 5.74) is 6.76. The van der Waals surface area contributed by atoms with Gasteiger partial charge in [0.2, 0.25) is 5.76 Å². The molecule has 0 fully saturated rings. The minimum Gasteiger partial charge on any atom is -0.495 e. The number of hydrogen-bond donors (Lipinski definition) is 2. The summed E-state index contributed by atoms with van der Waals surface area (Å²) in [5.74, 6) is 0.279. The Balaban J connectivity index is 2.09. The molecule has 6 heteroatoms. The topological polar surface area (TPSA) is 82.8 Å². The van der Waals surface area contributed by atoms with Crippen LogP contribution in [0.5, 0.6) is 5.75 Å². The highest BCUT2D eigenvalue weighted by molar-refractivity contribution is 6.02. The fourth-order valence-corrected chi connectivity index (χ4v) is 1.47. The fourth-order valence-electron chi connectivity index (χ4n) is 1.47. The van der Waals surface area contributed by atoms with Crippen molar-refractivity contribution in [2.45, 2.75) is 0 Å². The number of amides is 1. The maximum Gasteiger partial charge on any atom is 0.294 e. The number of nitrogens with two attached hydrogens (primary N) is 1. The number of nitrogens with one attached hydrogen (secondary N) is 1. The minimum atomic E-state index is -0.374. The van der Waals surface area contributed by atoms with Crippen molar-refractivity contribution in [2.75, 3.05) is 31.4 Å². The van der Waals surface area contributed by atoms with Crippen LogP contribution >= 0.6 is 0 Å². The first-order valence-corrected chi connectivity index (χ1v) is 5.40. The Bertz CT molecular complexity index is 485. The molecule has 1 amide bonds. The first kappa shape index (κ1) is 12.1. The van der Waals surface area contributed by atoms with Gasteiger partial charge in [0, 0.05) is 11.8 Å². The summed E-state index contributed by atoms with van der Waals surface area (Å²) in [5, 5.41) is 2.67. The second kappa shape index (κ2) is 5.31. The lowest BCUT2D eigenvalue weighted by molar-refractivity contribution is -0.117. The predicted molar refractivity (Wildman–Crippen MR) is 66.0 cm³/mol. The van der Waals surface area contributed by atoms with Crippen molar-refractivity contribution < 1.29 is 19.0 Å². The van der Waals surface area contributed by atoms with Gasteiger partial charge in [0.25, 0.3) is 5.91 Å². The largest absolute Gasteiger partial charge is 0.495 e. The van der Waals surface area contributed by atoms with E-state index in [-0.39, 0.29) is 11.7 Å². The first-order chi connectivity index (χ1) is 8.70. The number of anilines is 2. The number of methoxy groups -OCH3 is 1. The van der Waals surface area contributed by atoms with Crippen LogP contribution < -0.4 is 15.8 Å². The van der Waals surface area contributed by atoms with E-state index in [9.17, 15) is 4.79 Å². The van der Waals surface area contributed by atoms with Crippen LogP contribution in [0.1, 0.15) is 0 Å². The molecule has 0 atom stereocenters. The van der Waals surface area contributed by atoms with E-state index >= 15 is 0 Å². The zero-order chi connectivity index (χ0) is 13.0. The van der Waals surface area contributed by atoms with Gasteiger partial charge in [0.1, 0.15) is 25.2 Å². The summed E-state index contributed by atoms with van der Waals surface area (Å²) in [6.45, 7) is 0.816. The summed E-state index contributed by atoms with van der Waals surface area (Å²) in [4.78, 5) is 11.8. The highest BCUT2D eigenvalue weighted by atomic mass is 16.6. The van der Waals surface area contributed by atoms with E-state index in [2.05, 4.69) is 5.32 Å². The highest BCUT2D eigenvalue weighted by Gasteiger charge is 2.15. The number of benzene rings is 1. The normalized spacial score (nSPS) is 13.9. The van der Waals surface area contributed by atoms with Crippen LogP contribution in [-0.2, 0) is 14.3 Å². The quantitative estimate of drug-likeness (QED) is 0.785. The molecule has 0 bridgehead atoms. The zero-order valence-corrected chi connectivity index (χ0v) is 9.93. The first-order valence-electron chi connectivity index (χ1n) is 5.40. The molecule has 0 saturated carbocycles. The van der Waals surface area contributed by atoms with Crippen molar-refractivity contribution in [3.63, 3.8) is 0 Å². The molecule has 96 valence electrons. The number of ether oxygens (including phenoxy) is 3. The van der Waals surface area contributed by atoms with Crippen molar-refractivity contribution in [3.8, 4) is 5.75 Å². The van der Waals surface area contributed by atoms with Gasteiger partial charge in [-0.05, 0) is 12.1 Å². The molecule has 2 rings (SSSR count). The molecule has 1 heterocycles. The maximum absolute atomic E-state index is 11.8. The number of rotatable bonds is 3. The molecule has 0 saturated heterocycles. The number of carbonyl (C=O) groups is 1. The number of carbonyl (C=O) groups excluding carboxylic acids is 1. The van der Waals surface area contributed by atoms with Crippen molar-refractivity contribution in [1.29, 1.82) is 0 Å². The number of nitrogen functional groups attached to an aromatic ring is 1. The summed E-state index contributed by atoms with van der Waals surface area (Å²) in [6, 6.07) is 4.97. The van der Waals surface area contributed by atoms with Gasteiger partial charge in [-0.3, -0.25) is 4.79 Å². The minimum absolute atomic E-state index is 0.150. The highest BCUT2D eigenvalue weighted by Crippen LogP contribution is 2.25. The standard InChI is InChI=1S/C12H14N2O4/c1-16-10-6-8(2-3-9(10)13)14-12(15)11-7-17-4-5-18-11/h2-3,6-7H,4-5,13H2,1H3,(H,14,15). The zero-order valence-electron chi connectivity index (χ0n) is 9.93. The second-order valence-electron chi connectivity index (χ2n) is 3.61. The Morgan fingerprint density at radius 1 is 1.44 bits per heavy atom. The molecule has 1 aliphatic heterocycles. The molecular formula is C12H14N2O4. The van der Waals surface area contributed by atoms with Gasteiger partial charge in [-0.1, -0.05) is 0 Å². The molecule has 0 unspecified atom stereocenters. The van der Waals surface area contributed by atoms with Crippen LogP contribution in [0.2, 0.25) is 0 Å². The van der Waals surface area contributed by atoms with Gasteiger partial charge < -0.3 is 25.3 Å². The Hall–Kier alpha value is -2.37. The molecular weight excluding hydrogens is 236 g/mol. The van der Waals surface area contributed by atoms with E-state index < -0.39 is 0 Å². The molecule has 18 heavy (non-hydrogen) atoms. The van der Waals surface area contributed by atoms with Gasteiger partial charge >= 0.3 is 0 Å². The molecule has 1 aromatic carbocycles. The average molecular weight is 250 g/mol. The monoisotopic (exact) mass is 250 g/mol. The molecule has 0 radical (unpaired) electrons. The van der Waals surface area contributed by atoms with Crippen molar-refractivity contribution >= 4 is 17.3 Å². The van der Waals surface area contributed by atoms with Crippen molar-refractivity contribution in [3.05, 3.63) is 30.2 Å². The molecule has 1 aromatic rings. The van der Waals surface area contributed by atoms with Gasteiger partial charge in [-0.2, -0.15) is 0 Å². The van der Waals surface area contributed by atoms with Gasteiger partial charge in [-0.25, -0.2) is 0 Å². The van der Waals surface area contributed by atoms with Crippen LogP contribution in [-0.4, -0.2) is 26.2 Å². The predicted octanol–water partition coefficient (Wildman–Crippen LogP) is 1.10. The summed E-state index contributed by atoms with van der Waals surface area (Å²) >= 11 is 0. The second-order valence-corrected chi connectivity index (χ2v) is 3.61. The van der Waals surface area contributed by atoms with Crippen LogP contribution in [0.4, 0.5) is 11.4 Å². The molecule has 3 N–H and O–H groups in total. The van der Waals surface area contributed by atoms with E-state index in [0.29, 0.717) is 30.3 Å². The maximum atomic E-state index is 11.8. The van der Waals surface area contributed by atoms with Crippen molar-refractivity contribution in [2.24, 2.45) is 0 Å². The molecule has 1 aliphatic rings. The SMILES string of the molecule is COc1cc(NC(=O)C2=COCCO2)ccc1N. The van der Waals surface area contributed by atoms with Crippen LogP contribution in [0.3, 0.4) is 0 Å². The Kier molecular flexibility index (Phi) is 3.57. The van der Waals surface area contributed by atoms with Gasteiger partial charge in [0.05, 0.1) is 12.8 Å². The summed E-state index contributed by atoms with van der Waals surface area (Å²) in [6.07, 6.45) is 1.30. The van der Waals surface area contributed by atoms with E-state index in [4.69, 9.17) is 19.9 Å². The Morgan fingerprint density at radius 3 is 2.94 bits per heavy atom. The Labute approximate surface area is 104 Å². The number of hydrogen-bond acceptors (Lipinski definition) is 5. The molecule has 0 aliphatic carbocycles. The van der Waals surface area contributed by atoms with E-state index in [1.54, 1.807) is 18.2 Å². The summed E-state index contributed by atoms with van der Waals surface area (Å²) in [7, 11) is 1.51. The lowest BCUT2D eigenvalue weighted by Gasteiger charge is -2.15. The Morgan fingerprint density at radius 2 is 2.28 bits per heavy atom.